The molecule has 0 fully saturated rings. The van der Waals surface area contributed by atoms with Gasteiger partial charge in [-0.2, -0.15) is 0 Å². The Balaban J connectivity index is 2.43. The molecule has 164 valence electrons. The number of fused-ring (bicyclic) bond motifs is 1. The van der Waals surface area contributed by atoms with Crippen LogP contribution >= 0.6 is 0 Å². The topological polar surface area (TPSA) is 32.9 Å². The van der Waals surface area contributed by atoms with Crippen LogP contribution in [0.5, 0.6) is 0 Å². The maximum absolute atomic E-state index is 13.9. The van der Waals surface area contributed by atoms with Gasteiger partial charge in [-0.1, -0.05) is 85.6 Å². The van der Waals surface area contributed by atoms with Crippen molar-refractivity contribution in [3.63, 3.8) is 0 Å². The van der Waals surface area contributed by atoms with Gasteiger partial charge in [0.05, 0.1) is 0 Å². The number of hydrogen-bond acceptors (Lipinski definition) is 1. The van der Waals surface area contributed by atoms with Crippen molar-refractivity contribution in [3.05, 3.63) is 62.1 Å². The minimum atomic E-state index is -0.0905. The highest BCUT2D eigenvalue weighted by atomic mass is 16.1. The zero-order valence-corrected chi connectivity index (χ0v) is 20.6. The number of rotatable bonds is 5. The summed E-state index contributed by atoms with van der Waals surface area (Å²) < 4.78 is 0. The average Bonchev–Trinajstić information content (AvgIpc) is 2.73. The van der Waals surface area contributed by atoms with Gasteiger partial charge in [0.2, 0.25) is 0 Å². The molecular weight excluding hydrogens is 366 g/mol. The van der Waals surface area contributed by atoms with Crippen molar-refractivity contribution in [2.75, 3.05) is 0 Å². The first-order chi connectivity index (χ1) is 13.9. The van der Waals surface area contributed by atoms with Gasteiger partial charge < -0.3 is 4.98 Å². The second-order valence-corrected chi connectivity index (χ2v) is 11.1. The van der Waals surface area contributed by atoms with Gasteiger partial charge in [0.1, 0.15) is 0 Å². The summed E-state index contributed by atoms with van der Waals surface area (Å²) in [5.74, 6) is 0.769. The van der Waals surface area contributed by atoms with E-state index < -0.39 is 0 Å². The first-order valence-electron chi connectivity index (χ1n) is 11.8. The fourth-order valence-corrected chi connectivity index (χ4v) is 5.97. The third-order valence-electron chi connectivity index (χ3n) is 7.05. The minimum Gasteiger partial charge on any atom is -0.358 e. The van der Waals surface area contributed by atoms with Crippen LogP contribution in [0.4, 0.5) is 0 Å². The lowest BCUT2D eigenvalue weighted by Crippen LogP contribution is -2.28. The summed E-state index contributed by atoms with van der Waals surface area (Å²) in [4.78, 5) is 17.8. The van der Waals surface area contributed by atoms with Crippen LogP contribution in [0.3, 0.4) is 0 Å². The van der Waals surface area contributed by atoms with Crippen molar-refractivity contribution in [1.29, 1.82) is 0 Å². The summed E-state index contributed by atoms with van der Waals surface area (Å²) in [5.41, 5.74) is 8.43. The fraction of sp³-hybridized carbons (Fsp3) is 0.607. The number of allylic oxidation sites excluding steroid dienone is 6. The molecule has 2 aliphatic carbocycles. The summed E-state index contributed by atoms with van der Waals surface area (Å²) >= 11 is 0. The molecule has 1 aromatic heterocycles. The van der Waals surface area contributed by atoms with Gasteiger partial charge in [0, 0.05) is 33.8 Å². The molecule has 1 aromatic rings. The molecule has 0 aromatic carbocycles. The normalized spacial score (nSPS) is 22.3. The molecule has 0 saturated carbocycles. The molecule has 2 aliphatic rings. The fourth-order valence-electron chi connectivity index (χ4n) is 5.97. The van der Waals surface area contributed by atoms with Crippen LogP contribution in [0.15, 0.2) is 34.2 Å². The first-order valence-corrected chi connectivity index (χ1v) is 11.8. The van der Waals surface area contributed by atoms with Gasteiger partial charge in [-0.05, 0) is 48.7 Å². The molecule has 0 radical (unpaired) electrons. The second kappa shape index (κ2) is 8.02. The quantitative estimate of drug-likeness (QED) is 0.548. The molecule has 0 aliphatic heterocycles. The van der Waals surface area contributed by atoms with Crippen molar-refractivity contribution in [3.8, 4) is 0 Å². The standard InChI is InChI=1S/C28H41NO/c1-10-12-19-15-18(5)13-14-21(17(3)4)22(19)24-20(11-2)25(30)23-26(29-24)28(8,9)16-27(23,6)7/h13-15,17,21H,10-12,16H2,1-9H3,(H,29,30). The van der Waals surface area contributed by atoms with E-state index in [9.17, 15) is 4.79 Å². The number of nitrogens with one attached hydrogen (secondary N) is 1. The largest absolute Gasteiger partial charge is 0.358 e. The van der Waals surface area contributed by atoms with Crippen LogP contribution in [-0.2, 0) is 17.3 Å². The molecule has 0 bridgehead atoms. The maximum Gasteiger partial charge on any atom is 0.189 e. The Kier molecular flexibility index (Phi) is 6.11. The zero-order chi connectivity index (χ0) is 22.4. The van der Waals surface area contributed by atoms with Crippen LogP contribution in [-0.4, -0.2) is 4.98 Å². The smallest absolute Gasteiger partial charge is 0.189 e. The molecule has 3 rings (SSSR count). The Bertz CT molecular complexity index is 979. The molecular formula is C28H41NO. The van der Waals surface area contributed by atoms with E-state index in [0.717, 1.165) is 48.2 Å². The number of pyridine rings is 1. The Labute approximate surface area is 183 Å². The van der Waals surface area contributed by atoms with Crippen molar-refractivity contribution in [1.82, 2.24) is 4.98 Å². The van der Waals surface area contributed by atoms with Gasteiger partial charge in [0.25, 0.3) is 0 Å². The van der Waals surface area contributed by atoms with Crippen molar-refractivity contribution in [2.45, 2.75) is 98.8 Å². The van der Waals surface area contributed by atoms with E-state index in [1.807, 2.05) is 0 Å². The lowest BCUT2D eigenvalue weighted by atomic mass is 9.80. The number of H-pyrrole nitrogens is 1. The third-order valence-corrected chi connectivity index (χ3v) is 7.05. The summed E-state index contributed by atoms with van der Waals surface area (Å²) in [6.07, 6.45) is 10.9. The zero-order valence-electron chi connectivity index (χ0n) is 20.6. The molecule has 0 saturated heterocycles. The summed E-state index contributed by atoms with van der Waals surface area (Å²) in [6, 6.07) is 0. The molecule has 2 nitrogen and oxygen atoms in total. The molecule has 1 heterocycles. The van der Waals surface area contributed by atoms with Crippen molar-refractivity contribution < 1.29 is 0 Å². The highest BCUT2D eigenvalue weighted by molar-refractivity contribution is 5.76. The van der Waals surface area contributed by atoms with Crippen molar-refractivity contribution >= 4 is 5.57 Å². The van der Waals surface area contributed by atoms with Crippen LogP contribution < -0.4 is 5.43 Å². The third kappa shape index (κ3) is 3.79. The molecule has 1 unspecified atom stereocenters. The van der Waals surface area contributed by atoms with Gasteiger partial charge in [-0.3, -0.25) is 4.79 Å². The average molecular weight is 408 g/mol. The summed E-state index contributed by atoms with van der Waals surface area (Å²) in [6.45, 7) is 20.2. The SMILES string of the molecule is CCCC1=C(c2[nH]c3c(c(=O)c2CC)C(C)(C)CC3(C)C)C(C(C)C)C=CC(C)=C1. The van der Waals surface area contributed by atoms with E-state index in [1.165, 1.54) is 16.7 Å². The molecule has 0 spiro atoms. The van der Waals surface area contributed by atoms with Crippen LogP contribution in [0, 0.1) is 11.8 Å². The van der Waals surface area contributed by atoms with E-state index in [4.69, 9.17) is 0 Å². The predicted octanol–water partition coefficient (Wildman–Crippen LogP) is 7.24. The lowest BCUT2D eigenvalue weighted by molar-refractivity contribution is 0.399. The molecule has 0 amide bonds. The summed E-state index contributed by atoms with van der Waals surface area (Å²) in [7, 11) is 0. The lowest BCUT2D eigenvalue weighted by Gasteiger charge is -2.27. The number of aromatic amines is 1. The van der Waals surface area contributed by atoms with E-state index in [0.29, 0.717) is 11.8 Å². The molecule has 1 atom stereocenters. The van der Waals surface area contributed by atoms with Crippen LogP contribution in [0.2, 0.25) is 0 Å². The van der Waals surface area contributed by atoms with Gasteiger partial charge in [0.15, 0.2) is 5.43 Å². The van der Waals surface area contributed by atoms with Gasteiger partial charge in [-0.15, -0.1) is 0 Å². The summed E-state index contributed by atoms with van der Waals surface area (Å²) in [5, 5.41) is 0. The predicted molar refractivity (Wildman–Crippen MR) is 130 cm³/mol. The van der Waals surface area contributed by atoms with Crippen LogP contribution in [0.1, 0.15) is 104 Å². The Morgan fingerprint density at radius 3 is 2.37 bits per heavy atom. The maximum atomic E-state index is 13.9. The Morgan fingerprint density at radius 2 is 1.80 bits per heavy atom. The Hall–Kier alpha value is -1.83. The van der Waals surface area contributed by atoms with Gasteiger partial charge in [-0.25, -0.2) is 0 Å². The van der Waals surface area contributed by atoms with Crippen LogP contribution in [0.25, 0.3) is 5.57 Å². The van der Waals surface area contributed by atoms with E-state index in [1.54, 1.807) is 0 Å². The van der Waals surface area contributed by atoms with E-state index in [-0.39, 0.29) is 16.3 Å². The molecule has 30 heavy (non-hydrogen) atoms. The van der Waals surface area contributed by atoms with Gasteiger partial charge >= 0.3 is 0 Å². The van der Waals surface area contributed by atoms with E-state index in [2.05, 4.69) is 85.5 Å². The van der Waals surface area contributed by atoms with Crippen molar-refractivity contribution in [2.24, 2.45) is 11.8 Å². The highest BCUT2D eigenvalue weighted by Gasteiger charge is 2.45. The number of hydrogen-bond donors (Lipinski definition) is 1. The van der Waals surface area contributed by atoms with E-state index >= 15 is 0 Å². The minimum absolute atomic E-state index is 0.0237. The molecule has 2 heteroatoms. The first kappa shape index (κ1) is 22.8. The monoisotopic (exact) mass is 407 g/mol. The second-order valence-electron chi connectivity index (χ2n) is 11.1. The Morgan fingerprint density at radius 1 is 1.13 bits per heavy atom. The highest BCUT2D eigenvalue weighted by Crippen LogP contribution is 2.48. The molecule has 1 N–H and O–H groups in total. The number of aromatic nitrogens is 1.